The Kier molecular flexibility index (Phi) is 5.89. The molecule has 0 radical (unpaired) electrons. The molecule has 0 amide bonds. The smallest absolute Gasteiger partial charge is 0.191 e. The molecule has 132 valence electrons. The van der Waals surface area contributed by atoms with Gasteiger partial charge in [0.05, 0.1) is 17.7 Å². The van der Waals surface area contributed by atoms with Crippen LogP contribution in [0.15, 0.2) is 59.8 Å². The Balaban J connectivity index is 1.52. The molecule has 1 unspecified atom stereocenters. The minimum absolute atomic E-state index is 0.169. The van der Waals surface area contributed by atoms with E-state index in [1.165, 1.54) is 11.8 Å². The minimum atomic E-state index is -0.646. The van der Waals surface area contributed by atoms with E-state index in [-0.39, 0.29) is 6.61 Å². The van der Waals surface area contributed by atoms with Crippen LogP contribution in [-0.2, 0) is 7.05 Å². The Bertz CT molecular complexity index is 888. The predicted octanol–water partition coefficient (Wildman–Crippen LogP) is 2.89. The molecule has 26 heavy (non-hydrogen) atoms. The van der Waals surface area contributed by atoms with Gasteiger partial charge in [0.2, 0.25) is 0 Å². The first kappa shape index (κ1) is 18.0. The molecule has 0 saturated carbocycles. The summed E-state index contributed by atoms with van der Waals surface area (Å²) in [5, 5.41) is 28.1. The van der Waals surface area contributed by atoms with Gasteiger partial charge in [-0.2, -0.15) is 5.26 Å². The van der Waals surface area contributed by atoms with E-state index < -0.39 is 6.10 Å². The molecule has 3 aromatic rings. The van der Waals surface area contributed by atoms with Gasteiger partial charge >= 0.3 is 0 Å². The molecule has 1 atom stereocenters. The van der Waals surface area contributed by atoms with E-state index in [2.05, 4.69) is 16.3 Å². The van der Waals surface area contributed by atoms with E-state index >= 15 is 0 Å². The fourth-order valence-corrected chi connectivity index (χ4v) is 3.13. The van der Waals surface area contributed by atoms with Gasteiger partial charge in [0.25, 0.3) is 0 Å². The molecule has 6 nitrogen and oxygen atoms in total. The summed E-state index contributed by atoms with van der Waals surface area (Å²) >= 11 is 1.43. The highest BCUT2D eigenvalue weighted by molar-refractivity contribution is 7.99. The molecule has 0 aliphatic rings. The molecule has 0 aliphatic heterocycles. The van der Waals surface area contributed by atoms with Crippen LogP contribution in [0.3, 0.4) is 0 Å². The number of aliphatic hydroxyl groups is 1. The second kappa shape index (κ2) is 8.52. The van der Waals surface area contributed by atoms with Gasteiger partial charge in [0, 0.05) is 18.4 Å². The largest absolute Gasteiger partial charge is 0.491 e. The SMILES string of the molecule is Cn1c(SCC(O)COc2ccc(C#N)cc2)nnc1-c1ccccc1. The van der Waals surface area contributed by atoms with Crippen molar-refractivity contribution < 1.29 is 9.84 Å². The lowest BCUT2D eigenvalue weighted by Gasteiger charge is -2.12. The van der Waals surface area contributed by atoms with Crippen LogP contribution in [0.25, 0.3) is 11.4 Å². The third kappa shape index (κ3) is 4.42. The van der Waals surface area contributed by atoms with Gasteiger partial charge in [-0.25, -0.2) is 0 Å². The van der Waals surface area contributed by atoms with Gasteiger partial charge in [-0.05, 0) is 24.3 Å². The summed E-state index contributed by atoms with van der Waals surface area (Å²) in [6.07, 6.45) is -0.646. The van der Waals surface area contributed by atoms with Crippen molar-refractivity contribution in [3.63, 3.8) is 0 Å². The standard InChI is InChI=1S/C19H18N4O2S/c1-23-18(15-5-3-2-4-6-15)21-22-19(23)26-13-16(24)12-25-17-9-7-14(11-20)8-10-17/h2-10,16,24H,12-13H2,1H3. The zero-order chi connectivity index (χ0) is 18.4. The van der Waals surface area contributed by atoms with Crippen molar-refractivity contribution in [1.29, 1.82) is 5.26 Å². The maximum atomic E-state index is 10.1. The van der Waals surface area contributed by atoms with Crippen LogP contribution in [0, 0.1) is 11.3 Å². The lowest BCUT2D eigenvalue weighted by molar-refractivity contribution is 0.126. The van der Waals surface area contributed by atoms with Gasteiger partial charge in [0.15, 0.2) is 11.0 Å². The van der Waals surface area contributed by atoms with Crippen LogP contribution in [0.2, 0.25) is 0 Å². The predicted molar refractivity (Wildman–Crippen MR) is 99.8 cm³/mol. The normalized spacial score (nSPS) is 11.7. The lowest BCUT2D eigenvalue weighted by Crippen LogP contribution is -2.20. The Morgan fingerprint density at radius 2 is 1.88 bits per heavy atom. The van der Waals surface area contributed by atoms with E-state index in [1.807, 2.05) is 41.9 Å². The Hall–Kier alpha value is -2.82. The summed E-state index contributed by atoms with van der Waals surface area (Å²) in [5.74, 6) is 1.85. The first-order valence-corrected chi connectivity index (χ1v) is 9.04. The number of hydrogen-bond acceptors (Lipinski definition) is 6. The zero-order valence-corrected chi connectivity index (χ0v) is 15.1. The lowest BCUT2D eigenvalue weighted by atomic mass is 10.2. The first-order valence-electron chi connectivity index (χ1n) is 8.06. The molecule has 2 aromatic carbocycles. The van der Waals surface area contributed by atoms with Gasteiger partial charge in [-0.3, -0.25) is 0 Å². The van der Waals surface area contributed by atoms with Crippen molar-refractivity contribution in [3.8, 4) is 23.2 Å². The number of nitrogens with zero attached hydrogens (tertiary/aromatic N) is 4. The summed E-state index contributed by atoms with van der Waals surface area (Å²) in [4.78, 5) is 0. The van der Waals surface area contributed by atoms with Gasteiger partial charge in [0.1, 0.15) is 12.4 Å². The third-order valence-electron chi connectivity index (χ3n) is 3.70. The molecule has 1 aromatic heterocycles. The van der Waals surface area contributed by atoms with Crippen LogP contribution < -0.4 is 4.74 Å². The number of benzene rings is 2. The monoisotopic (exact) mass is 366 g/mol. The summed E-state index contributed by atoms with van der Waals surface area (Å²) in [5.41, 5.74) is 1.57. The molecule has 1 N–H and O–H groups in total. The van der Waals surface area contributed by atoms with Crippen molar-refractivity contribution in [2.75, 3.05) is 12.4 Å². The topological polar surface area (TPSA) is 84.0 Å². The highest BCUT2D eigenvalue weighted by atomic mass is 32.2. The number of rotatable bonds is 7. The zero-order valence-electron chi connectivity index (χ0n) is 14.2. The summed E-state index contributed by atoms with van der Waals surface area (Å²) in [6, 6.07) is 18.7. The number of aromatic nitrogens is 3. The van der Waals surface area contributed by atoms with Gasteiger partial charge in [-0.15, -0.1) is 10.2 Å². The molecule has 0 aliphatic carbocycles. The molecular formula is C19H18N4O2S. The molecule has 0 fully saturated rings. The second-order valence-electron chi connectivity index (χ2n) is 5.64. The summed E-state index contributed by atoms with van der Waals surface area (Å²) < 4.78 is 7.46. The first-order chi connectivity index (χ1) is 12.7. The Morgan fingerprint density at radius 1 is 1.15 bits per heavy atom. The number of ether oxygens (including phenoxy) is 1. The molecule has 0 saturated heterocycles. The van der Waals surface area contributed by atoms with Crippen LogP contribution in [0.1, 0.15) is 5.56 Å². The molecule has 0 spiro atoms. The fraction of sp³-hybridized carbons (Fsp3) is 0.211. The van der Waals surface area contributed by atoms with E-state index in [0.29, 0.717) is 17.1 Å². The average molecular weight is 366 g/mol. The highest BCUT2D eigenvalue weighted by Gasteiger charge is 2.13. The number of hydrogen-bond donors (Lipinski definition) is 1. The molecule has 0 bridgehead atoms. The number of thioether (sulfide) groups is 1. The Labute approximate surface area is 156 Å². The van der Waals surface area contributed by atoms with Gasteiger partial charge in [-0.1, -0.05) is 42.1 Å². The third-order valence-corrected chi connectivity index (χ3v) is 4.86. The highest BCUT2D eigenvalue weighted by Crippen LogP contribution is 2.23. The van der Waals surface area contributed by atoms with Crippen LogP contribution in [0.5, 0.6) is 5.75 Å². The van der Waals surface area contributed by atoms with E-state index in [1.54, 1.807) is 24.3 Å². The maximum Gasteiger partial charge on any atom is 0.191 e. The molecule has 1 heterocycles. The van der Waals surface area contributed by atoms with Crippen molar-refractivity contribution >= 4 is 11.8 Å². The molecule has 7 heteroatoms. The fourth-order valence-electron chi connectivity index (χ4n) is 2.32. The van der Waals surface area contributed by atoms with Crippen molar-refractivity contribution in [2.45, 2.75) is 11.3 Å². The minimum Gasteiger partial charge on any atom is -0.491 e. The van der Waals surface area contributed by atoms with Crippen molar-refractivity contribution in [1.82, 2.24) is 14.8 Å². The van der Waals surface area contributed by atoms with E-state index in [4.69, 9.17) is 10.00 Å². The maximum absolute atomic E-state index is 10.1. The number of aliphatic hydroxyl groups excluding tert-OH is 1. The Morgan fingerprint density at radius 3 is 2.58 bits per heavy atom. The average Bonchev–Trinajstić information content (AvgIpc) is 3.06. The molecular weight excluding hydrogens is 348 g/mol. The van der Waals surface area contributed by atoms with Crippen molar-refractivity contribution in [2.24, 2.45) is 7.05 Å². The summed E-state index contributed by atoms with van der Waals surface area (Å²) in [7, 11) is 1.91. The second-order valence-corrected chi connectivity index (χ2v) is 6.63. The van der Waals surface area contributed by atoms with Crippen LogP contribution in [-0.4, -0.2) is 38.3 Å². The quantitative estimate of drug-likeness (QED) is 0.647. The van der Waals surface area contributed by atoms with Crippen LogP contribution in [0.4, 0.5) is 0 Å². The van der Waals surface area contributed by atoms with Gasteiger partial charge < -0.3 is 14.4 Å². The van der Waals surface area contributed by atoms with E-state index in [9.17, 15) is 5.11 Å². The summed E-state index contributed by atoms with van der Waals surface area (Å²) in [6.45, 7) is 0.169. The van der Waals surface area contributed by atoms with E-state index in [0.717, 1.165) is 16.5 Å². The molecule has 3 rings (SSSR count). The van der Waals surface area contributed by atoms with Crippen molar-refractivity contribution in [3.05, 3.63) is 60.2 Å². The van der Waals surface area contributed by atoms with Crippen LogP contribution >= 0.6 is 11.8 Å². The number of nitriles is 1.